The first-order valence-electron chi connectivity index (χ1n) is 6.67. The molecule has 0 unspecified atom stereocenters. The van der Waals surface area contributed by atoms with Crippen LogP contribution in [0.1, 0.15) is 32.8 Å². The van der Waals surface area contributed by atoms with Crippen LogP contribution in [0.25, 0.3) is 0 Å². The molecule has 0 aliphatic rings. The van der Waals surface area contributed by atoms with Crippen molar-refractivity contribution in [3.05, 3.63) is 51.2 Å². The number of carbonyl (C=O) groups excluding carboxylic acids is 1. The summed E-state index contributed by atoms with van der Waals surface area (Å²) in [6.07, 6.45) is 0.449. The van der Waals surface area contributed by atoms with Gasteiger partial charge in [-0.15, -0.1) is 11.3 Å². The van der Waals surface area contributed by atoms with E-state index in [0.717, 1.165) is 27.3 Å². The minimum atomic E-state index is -0.0966. The van der Waals surface area contributed by atoms with Crippen molar-refractivity contribution in [3.63, 3.8) is 0 Å². The summed E-state index contributed by atoms with van der Waals surface area (Å²) < 4.78 is 0. The molecule has 0 atom stereocenters. The Labute approximate surface area is 128 Å². The molecule has 21 heavy (non-hydrogen) atoms. The van der Waals surface area contributed by atoms with E-state index in [4.69, 9.17) is 5.11 Å². The molecule has 108 valence electrons. The molecule has 0 radical (unpaired) electrons. The zero-order valence-electron chi connectivity index (χ0n) is 12.1. The van der Waals surface area contributed by atoms with E-state index in [-0.39, 0.29) is 12.5 Å². The molecular weight excluding hydrogens is 282 g/mol. The summed E-state index contributed by atoms with van der Waals surface area (Å²) in [6.45, 7) is 3.95. The van der Waals surface area contributed by atoms with Crippen LogP contribution in [0.5, 0.6) is 0 Å². The summed E-state index contributed by atoms with van der Waals surface area (Å²) in [5, 5.41) is 13.6. The molecule has 0 saturated heterocycles. The molecule has 4 heteroatoms. The second-order valence-electron chi connectivity index (χ2n) is 4.69. The van der Waals surface area contributed by atoms with Crippen molar-refractivity contribution in [1.82, 2.24) is 0 Å². The fourth-order valence-electron chi connectivity index (χ4n) is 1.84. The van der Waals surface area contributed by atoms with Gasteiger partial charge in [0, 0.05) is 17.7 Å². The molecule has 0 aliphatic heterocycles. The van der Waals surface area contributed by atoms with E-state index in [2.05, 4.69) is 17.2 Å². The number of thiophene rings is 1. The van der Waals surface area contributed by atoms with Gasteiger partial charge in [0.25, 0.3) is 5.91 Å². The third kappa shape index (κ3) is 3.94. The Kier molecular flexibility index (Phi) is 5.15. The van der Waals surface area contributed by atoms with Gasteiger partial charge in [0.05, 0.1) is 11.5 Å². The average molecular weight is 299 g/mol. The van der Waals surface area contributed by atoms with Crippen molar-refractivity contribution in [2.45, 2.75) is 20.3 Å². The van der Waals surface area contributed by atoms with Gasteiger partial charge < -0.3 is 10.4 Å². The van der Waals surface area contributed by atoms with Gasteiger partial charge in [-0.05, 0) is 48.6 Å². The van der Waals surface area contributed by atoms with Crippen molar-refractivity contribution < 1.29 is 9.90 Å². The molecule has 3 nitrogen and oxygen atoms in total. The number of amides is 1. The second-order valence-corrected chi connectivity index (χ2v) is 5.61. The second kappa shape index (κ2) is 7.07. The summed E-state index contributed by atoms with van der Waals surface area (Å²) in [5.74, 6) is 5.82. The molecule has 1 heterocycles. The van der Waals surface area contributed by atoms with Gasteiger partial charge in [-0.1, -0.05) is 17.9 Å². The highest BCUT2D eigenvalue weighted by Gasteiger charge is 2.10. The predicted octanol–water partition coefficient (Wildman–Crippen LogP) is 3.35. The standard InChI is InChI=1S/C17H17NO2S/c1-12-6-7-15(11-14(12)5-3-4-9-19)18-17(20)16-13(2)8-10-21-16/h6-8,10-11,19H,4,9H2,1-2H3,(H,18,20). The van der Waals surface area contributed by atoms with Gasteiger partial charge in [-0.3, -0.25) is 4.79 Å². The normalized spacial score (nSPS) is 9.86. The first-order chi connectivity index (χ1) is 10.1. The topological polar surface area (TPSA) is 49.3 Å². The summed E-state index contributed by atoms with van der Waals surface area (Å²) in [5.41, 5.74) is 3.62. The van der Waals surface area contributed by atoms with Crippen molar-refractivity contribution in [2.24, 2.45) is 0 Å². The molecule has 0 spiro atoms. The predicted molar refractivity (Wildman–Crippen MR) is 86.8 cm³/mol. The number of carbonyl (C=O) groups is 1. The molecular formula is C17H17NO2S. The summed E-state index contributed by atoms with van der Waals surface area (Å²) in [7, 11) is 0. The number of aryl methyl sites for hydroxylation is 2. The molecule has 1 aromatic heterocycles. The zero-order valence-corrected chi connectivity index (χ0v) is 12.9. The van der Waals surface area contributed by atoms with Gasteiger partial charge in [-0.25, -0.2) is 0 Å². The zero-order chi connectivity index (χ0) is 15.2. The van der Waals surface area contributed by atoms with E-state index < -0.39 is 0 Å². The maximum absolute atomic E-state index is 12.2. The van der Waals surface area contributed by atoms with Crippen LogP contribution in [0.4, 0.5) is 5.69 Å². The van der Waals surface area contributed by atoms with E-state index in [1.165, 1.54) is 11.3 Å². The molecule has 0 saturated carbocycles. The molecule has 0 fully saturated rings. The number of rotatable bonds is 3. The van der Waals surface area contributed by atoms with E-state index in [1.807, 2.05) is 43.5 Å². The molecule has 0 bridgehead atoms. The summed E-state index contributed by atoms with van der Waals surface area (Å²) in [4.78, 5) is 12.9. The number of nitrogens with one attached hydrogen (secondary N) is 1. The highest BCUT2D eigenvalue weighted by molar-refractivity contribution is 7.12. The van der Waals surface area contributed by atoms with E-state index in [0.29, 0.717) is 6.42 Å². The minimum absolute atomic E-state index is 0.0557. The van der Waals surface area contributed by atoms with Gasteiger partial charge in [-0.2, -0.15) is 0 Å². The van der Waals surface area contributed by atoms with Gasteiger partial charge in [0.1, 0.15) is 0 Å². The van der Waals surface area contributed by atoms with Crippen LogP contribution in [0.15, 0.2) is 29.6 Å². The maximum Gasteiger partial charge on any atom is 0.265 e. The lowest BCUT2D eigenvalue weighted by molar-refractivity contribution is 0.103. The number of anilines is 1. The highest BCUT2D eigenvalue weighted by atomic mass is 32.1. The third-order valence-corrected chi connectivity index (χ3v) is 4.04. The Bertz CT molecular complexity index is 707. The third-order valence-electron chi connectivity index (χ3n) is 3.02. The van der Waals surface area contributed by atoms with Crippen LogP contribution in [0.3, 0.4) is 0 Å². The molecule has 0 aliphatic carbocycles. The lowest BCUT2D eigenvalue weighted by atomic mass is 10.1. The number of hydrogen-bond acceptors (Lipinski definition) is 3. The van der Waals surface area contributed by atoms with Crippen molar-refractivity contribution in [1.29, 1.82) is 0 Å². The molecule has 1 amide bonds. The quantitative estimate of drug-likeness (QED) is 0.854. The average Bonchev–Trinajstić information content (AvgIpc) is 2.89. The van der Waals surface area contributed by atoms with Crippen LogP contribution in [-0.4, -0.2) is 17.6 Å². The largest absolute Gasteiger partial charge is 0.395 e. The first kappa shape index (κ1) is 15.3. The molecule has 2 rings (SSSR count). The van der Waals surface area contributed by atoms with Gasteiger partial charge in [0.2, 0.25) is 0 Å². The van der Waals surface area contributed by atoms with Crippen molar-refractivity contribution >= 4 is 22.9 Å². The summed E-state index contributed by atoms with van der Waals surface area (Å²) >= 11 is 1.43. The first-order valence-corrected chi connectivity index (χ1v) is 7.55. The van der Waals surface area contributed by atoms with Crippen LogP contribution >= 0.6 is 11.3 Å². The maximum atomic E-state index is 12.2. The van der Waals surface area contributed by atoms with E-state index in [1.54, 1.807) is 0 Å². The van der Waals surface area contributed by atoms with Crippen LogP contribution < -0.4 is 5.32 Å². The lowest BCUT2D eigenvalue weighted by Gasteiger charge is -2.07. The fourth-order valence-corrected chi connectivity index (χ4v) is 2.66. The number of benzene rings is 1. The molecule has 1 aromatic carbocycles. The van der Waals surface area contributed by atoms with E-state index in [9.17, 15) is 4.79 Å². The van der Waals surface area contributed by atoms with Gasteiger partial charge >= 0.3 is 0 Å². The monoisotopic (exact) mass is 299 g/mol. The van der Waals surface area contributed by atoms with Crippen molar-refractivity contribution in [3.8, 4) is 11.8 Å². The number of aliphatic hydroxyl groups is 1. The van der Waals surface area contributed by atoms with Crippen LogP contribution in [0.2, 0.25) is 0 Å². The Morgan fingerprint density at radius 2 is 2.10 bits per heavy atom. The number of aliphatic hydroxyl groups excluding tert-OH is 1. The van der Waals surface area contributed by atoms with Crippen LogP contribution in [0, 0.1) is 25.7 Å². The van der Waals surface area contributed by atoms with Gasteiger partial charge in [0.15, 0.2) is 0 Å². The Morgan fingerprint density at radius 1 is 1.29 bits per heavy atom. The Morgan fingerprint density at radius 3 is 2.76 bits per heavy atom. The number of hydrogen-bond donors (Lipinski definition) is 2. The Hall–Kier alpha value is -2.09. The Balaban J connectivity index is 2.18. The van der Waals surface area contributed by atoms with E-state index >= 15 is 0 Å². The van der Waals surface area contributed by atoms with Crippen LogP contribution in [-0.2, 0) is 0 Å². The molecule has 2 aromatic rings. The fraction of sp³-hybridized carbons (Fsp3) is 0.235. The molecule has 2 N–H and O–H groups in total. The SMILES string of the molecule is Cc1ccc(NC(=O)c2sccc2C)cc1C#CCCO. The highest BCUT2D eigenvalue weighted by Crippen LogP contribution is 2.19. The smallest absolute Gasteiger partial charge is 0.265 e. The summed E-state index contributed by atoms with van der Waals surface area (Å²) in [6, 6.07) is 7.59. The minimum Gasteiger partial charge on any atom is -0.395 e. The lowest BCUT2D eigenvalue weighted by Crippen LogP contribution is -2.11. The van der Waals surface area contributed by atoms with Crippen molar-refractivity contribution in [2.75, 3.05) is 11.9 Å².